The van der Waals surface area contributed by atoms with Crippen molar-refractivity contribution >= 4 is 16.6 Å². The highest BCUT2D eigenvalue weighted by atomic mass is 19.1. The molecule has 0 aliphatic rings. The molecule has 5 nitrogen and oxygen atoms in total. The monoisotopic (exact) mass is 260 g/mol. The number of nitrogens with one attached hydrogen (secondary N) is 2. The standard InChI is InChI=1S/C13H13FN4O/c1-8(14)2-5-17-12-9-3-4-16-7-11(9)18-13(19)10(12)6-15/h3-4,7-8H,2,5H2,1H3,(H2,17,18,19). The molecule has 2 aromatic heterocycles. The van der Waals surface area contributed by atoms with Crippen LogP contribution in [0.3, 0.4) is 0 Å². The summed E-state index contributed by atoms with van der Waals surface area (Å²) >= 11 is 0. The van der Waals surface area contributed by atoms with Crippen LogP contribution in [0.4, 0.5) is 10.1 Å². The quantitative estimate of drug-likeness (QED) is 0.880. The van der Waals surface area contributed by atoms with E-state index in [-0.39, 0.29) is 5.56 Å². The number of aromatic nitrogens is 2. The summed E-state index contributed by atoms with van der Waals surface area (Å²) in [4.78, 5) is 18.3. The van der Waals surface area contributed by atoms with Gasteiger partial charge in [-0.25, -0.2) is 4.39 Å². The van der Waals surface area contributed by atoms with E-state index < -0.39 is 11.7 Å². The van der Waals surface area contributed by atoms with Gasteiger partial charge in [0.1, 0.15) is 11.6 Å². The molecular weight excluding hydrogens is 247 g/mol. The normalized spacial score (nSPS) is 12.1. The van der Waals surface area contributed by atoms with E-state index in [1.807, 2.05) is 6.07 Å². The summed E-state index contributed by atoms with van der Waals surface area (Å²) in [5.74, 6) is 0. The second-order valence-electron chi connectivity index (χ2n) is 4.23. The molecule has 1 unspecified atom stereocenters. The smallest absolute Gasteiger partial charge is 0.268 e. The van der Waals surface area contributed by atoms with Crippen LogP contribution in [0.2, 0.25) is 0 Å². The van der Waals surface area contributed by atoms with Crippen molar-refractivity contribution in [1.29, 1.82) is 5.26 Å². The number of nitrogens with zero attached hydrogens (tertiary/aromatic N) is 2. The fourth-order valence-corrected chi connectivity index (χ4v) is 1.83. The third-order valence-corrected chi connectivity index (χ3v) is 2.77. The molecule has 2 heterocycles. The van der Waals surface area contributed by atoms with Gasteiger partial charge in [0.25, 0.3) is 5.56 Å². The minimum atomic E-state index is -0.937. The van der Waals surface area contributed by atoms with Crippen LogP contribution in [0.25, 0.3) is 10.9 Å². The van der Waals surface area contributed by atoms with Crippen molar-refractivity contribution in [2.24, 2.45) is 0 Å². The van der Waals surface area contributed by atoms with E-state index in [0.717, 1.165) is 0 Å². The maximum atomic E-state index is 12.8. The molecule has 0 aliphatic carbocycles. The zero-order valence-corrected chi connectivity index (χ0v) is 10.4. The van der Waals surface area contributed by atoms with Crippen molar-refractivity contribution in [3.63, 3.8) is 0 Å². The molecule has 98 valence electrons. The van der Waals surface area contributed by atoms with Crippen molar-refractivity contribution in [3.05, 3.63) is 34.4 Å². The number of H-pyrrole nitrogens is 1. The molecule has 0 fully saturated rings. The van der Waals surface area contributed by atoms with Crippen molar-refractivity contribution < 1.29 is 4.39 Å². The number of halogens is 1. The predicted molar refractivity (Wildman–Crippen MR) is 70.8 cm³/mol. The predicted octanol–water partition coefficient (Wildman–Crippen LogP) is 1.95. The van der Waals surface area contributed by atoms with Gasteiger partial charge in [0.05, 0.1) is 23.6 Å². The van der Waals surface area contributed by atoms with E-state index in [1.165, 1.54) is 13.1 Å². The Kier molecular flexibility index (Phi) is 3.76. The number of pyridine rings is 2. The van der Waals surface area contributed by atoms with Gasteiger partial charge in [-0.15, -0.1) is 0 Å². The molecule has 19 heavy (non-hydrogen) atoms. The number of rotatable bonds is 4. The van der Waals surface area contributed by atoms with Crippen molar-refractivity contribution in [1.82, 2.24) is 9.97 Å². The number of anilines is 1. The van der Waals surface area contributed by atoms with Crippen LogP contribution in [0.1, 0.15) is 18.9 Å². The highest BCUT2D eigenvalue weighted by molar-refractivity contribution is 5.93. The Bertz CT molecular complexity index is 687. The Morgan fingerprint density at radius 2 is 2.42 bits per heavy atom. The van der Waals surface area contributed by atoms with E-state index >= 15 is 0 Å². The van der Waals surface area contributed by atoms with Gasteiger partial charge in [0.2, 0.25) is 0 Å². The Morgan fingerprint density at radius 1 is 1.63 bits per heavy atom. The molecule has 6 heteroatoms. The number of alkyl halides is 1. The van der Waals surface area contributed by atoms with Crippen molar-refractivity contribution in [2.75, 3.05) is 11.9 Å². The van der Waals surface area contributed by atoms with Crippen LogP contribution in [0.5, 0.6) is 0 Å². The van der Waals surface area contributed by atoms with E-state index in [4.69, 9.17) is 5.26 Å². The number of nitriles is 1. The number of aromatic amines is 1. The lowest BCUT2D eigenvalue weighted by molar-refractivity contribution is 0.348. The van der Waals surface area contributed by atoms with E-state index in [0.29, 0.717) is 29.6 Å². The zero-order chi connectivity index (χ0) is 13.8. The molecule has 2 N–H and O–H groups in total. The number of hydrogen-bond donors (Lipinski definition) is 2. The molecule has 0 aromatic carbocycles. The minimum Gasteiger partial charge on any atom is -0.383 e. The van der Waals surface area contributed by atoms with Gasteiger partial charge >= 0.3 is 0 Å². The summed E-state index contributed by atoms with van der Waals surface area (Å²) in [6.07, 6.45) is 2.46. The molecule has 1 atom stereocenters. The van der Waals surface area contributed by atoms with Gasteiger partial charge < -0.3 is 10.3 Å². The van der Waals surface area contributed by atoms with Gasteiger partial charge in [0.15, 0.2) is 0 Å². The molecule has 0 radical (unpaired) electrons. The fraction of sp³-hybridized carbons (Fsp3) is 0.308. The molecule has 0 amide bonds. The maximum absolute atomic E-state index is 12.8. The zero-order valence-electron chi connectivity index (χ0n) is 10.4. The molecule has 0 bridgehead atoms. The first-order valence-electron chi connectivity index (χ1n) is 5.91. The van der Waals surface area contributed by atoms with Gasteiger partial charge in [-0.05, 0) is 19.4 Å². The van der Waals surface area contributed by atoms with Crippen LogP contribution in [-0.4, -0.2) is 22.7 Å². The molecule has 0 aliphatic heterocycles. The number of hydrogen-bond acceptors (Lipinski definition) is 4. The maximum Gasteiger partial charge on any atom is 0.268 e. The fourth-order valence-electron chi connectivity index (χ4n) is 1.83. The molecule has 2 rings (SSSR count). The summed E-state index contributed by atoms with van der Waals surface area (Å²) in [6, 6.07) is 3.58. The molecule has 0 saturated heterocycles. The summed E-state index contributed by atoms with van der Waals surface area (Å²) in [5.41, 5.74) is 0.510. The first-order valence-corrected chi connectivity index (χ1v) is 5.91. The first kappa shape index (κ1) is 13.0. The van der Waals surface area contributed by atoms with E-state index in [9.17, 15) is 9.18 Å². The van der Waals surface area contributed by atoms with Crippen LogP contribution >= 0.6 is 0 Å². The highest BCUT2D eigenvalue weighted by Crippen LogP contribution is 2.22. The van der Waals surface area contributed by atoms with Gasteiger partial charge in [0, 0.05) is 18.1 Å². The summed E-state index contributed by atoms with van der Waals surface area (Å²) in [6.45, 7) is 1.82. The largest absolute Gasteiger partial charge is 0.383 e. The number of fused-ring (bicyclic) bond motifs is 1. The lowest BCUT2D eigenvalue weighted by atomic mass is 10.1. The topological polar surface area (TPSA) is 81.6 Å². The van der Waals surface area contributed by atoms with Gasteiger partial charge in [-0.1, -0.05) is 0 Å². The average Bonchev–Trinajstić information content (AvgIpc) is 2.38. The highest BCUT2D eigenvalue weighted by Gasteiger charge is 2.12. The lowest BCUT2D eigenvalue weighted by Crippen LogP contribution is -2.16. The Morgan fingerprint density at radius 3 is 3.11 bits per heavy atom. The van der Waals surface area contributed by atoms with Crippen LogP contribution in [-0.2, 0) is 0 Å². The molecule has 0 saturated carbocycles. The van der Waals surface area contributed by atoms with Gasteiger partial charge in [-0.3, -0.25) is 9.78 Å². The van der Waals surface area contributed by atoms with Crippen LogP contribution in [0.15, 0.2) is 23.3 Å². The lowest BCUT2D eigenvalue weighted by Gasteiger charge is -2.11. The average molecular weight is 260 g/mol. The first-order chi connectivity index (χ1) is 9.13. The van der Waals surface area contributed by atoms with Crippen LogP contribution < -0.4 is 10.9 Å². The molecular formula is C13H13FN4O. The second-order valence-corrected chi connectivity index (χ2v) is 4.23. The Hall–Kier alpha value is -2.42. The van der Waals surface area contributed by atoms with Gasteiger partial charge in [-0.2, -0.15) is 5.26 Å². The van der Waals surface area contributed by atoms with Crippen molar-refractivity contribution in [3.8, 4) is 6.07 Å². The molecule has 2 aromatic rings. The Balaban J connectivity index is 2.49. The minimum absolute atomic E-state index is 0.00483. The third kappa shape index (κ3) is 2.71. The second kappa shape index (κ2) is 5.48. The van der Waals surface area contributed by atoms with E-state index in [1.54, 1.807) is 12.3 Å². The van der Waals surface area contributed by atoms with Crippen LogP contribution in [0, 0.1) is 11.3 Å². The summed E-state index contributed by atoms with van der Waals surface area (Å²) < 4.78 is 12.8. The third-order valence-electron chi connectivity index (χ3n) is 2.77. The van der Waals surface area contributed by atoms with E-state index in [2.05, 4.69) is 15.3 Å². The Labute approximate surface area is 109 Å². The van der Waals surface area contributed by atoms with Crippen molar-refractivity contribution in [2.45, 2.75) is 19.5 Å². The summed E-state index contributed by atoms with van der Waals surface area (Å²) in [5, 5.41) is 12.7. The SMILES string of the molecule is CC(F)CCNc1c(C#N)c(=O)[nH]c2cnccc12. The molecule has 0 spiro atoms. The summed E-state index contributed by atoms with van der Waals surface area (Å²) in [7, 11) is 0.